The average Bonchev–Trinajstić information content (AvgIpc) is 0.811. The summed E-state index contributed by atoms with van der Waals surface area (Å²) in [5.41, 5.74) is 0. The van der Waals surface area contributed by atoms with E-state index in [1.54, 1.807) is 0 Å². The molecule has 0 atom stereocenters. The molecule has 0 unspecified atom stereocenters. The summed E-state index contributed by atoms with van der Waals surface area (Å²) in [4.78, 5) is 0. The molecule has 5 heavy (non-hydrogen) atoms. The molecule has 0 rings (SSSR count). The Morgan fingerprint density at radius 1 is 1.00 bits per heavy atom. The first-order valence-electron chi connectivity index (χ1n) is 0.507. The van der Waals surface area contributed by atoms with Gasteiger partial charge in [-0.05, 0) is 0 Å². The fraction of sp³-hybridized carbons (Fsp3) is 0. The van der Waals surface area contributed by atoms with Crippen LogP contribution in [0.4, 0.5) is 0 Å². The molecule has 0 aromatic heterocycles. The molecule has 0 aromatic rings. The first-order valence-corrected chi connectivity index (χ1v) is 22.8. The van der Waals surface area contributed by atoms with Crippen LogP contribution in [0.2, 0.25) is 0 Å². The van der Waals surface area contributed by atoms with Crippen molar-refractivity contribution in [2.45, 2.75) is 0 Å². The maximum Gasteiger partial charge on any atom is 0 e. The van der Waals surface area contributed by atoms with Gasteiger partial charge in [0, 0.05) is 13.5 Å². The van der Waals surface area contributed by atoms with E-state index in [-0.39, 0.29) is 13.5 Å². The molecule has 32 valence electrons. The van der Waals surface area contributed by atoms with Gasteiger partial charge in [0.25, 0.3) is 0 Å². The van der Waals surface area contributed by atoms with Crippen LogP contribution >= 0.6 is 69.0 Å². The van der Waals surface area contributed by atoms with Crippen molar-refractivity contribution in [3.05, 3.63) is 0 Å². The molecule has 0 saturated carbocycles. The third kappa shape index (κ3) is 18.7. The average molecular weight is 535 g/mol. The Balaban J connectivity index is 0. The van der Waals surface area contributed by atoms with E-state index in [0.717, 1.165) is 0 Å². The number of hydrogen-bond acceptors (Lipinski definition) is 0. The van der Waals surface area contributed by atoms with E-state index in [0.29, 0.717) is 0 Å². The largest absolute Gasteiger partial charge is 0 e. The van der Waals surface area contributed by atoms with E-state index in [4.69, 9.17) is 0 Å². The molecule has 0 heterocycles. The van der Waals surface area contributed by atoms with Crippen LogP contribution < -0.4 is 0 Å². The molecule has 0 aromatic carbocycles. The van der Waals surface area contributed by atoms with E-state index in [1.807, 2.05) is 0 Å². The van der Waals surface area contributed by atoms with Gasteiger partial charge in [0.2, 0.25) is 0 Å². The third-order valence-electron chi connectivity index (χ3n) is 0. The van der Waals surface area contributed by atoms with Crippen molar-refractivity contribution >= 4 is 77.1 Å². The van der Waals surface area contributed by atoms with Crippen LogP contribution in [0.25, 0.3) is 0 Å². The summed E-state index contributed by atoms with van der Waals surface area (Å²) in [6, 6.07) is 0. The molecule has 0 amide bonds. The van der Waals surface area contributed by atoms with Gasteiger partial charge in [0.15, 0.2) is 0 Å². The van der Waals surface area contributed by atoms with Gasteiger partial charge in [0.05, 0.1) is 0 Å². The number of hydrogen-bond donors (Lipinski definition) is 0. The molecule has 5 heteroatoms. The zero-order valence-corrected chi connectivity index (χ0v) is 11.8. The Morgan fingerprint density at radius 3 is 1.00 bits per heavy atom. The Kier molecular flexibility index (Phi) is 16.5. The van der Waals surface area contributed by atoms with E-state index in [9.17, 15) is 0 Å². The van der Waals surface area contributed by atoms with Crippen molar-refractivity contribution in [1.82, 2.24) is 0 Å². The van der Waals surface area contributed by atoms with Crippen LogP contribution in [-0.2, 0) is 0 Å². The van der Waals surface area contributed by atoms with Crippen molar-refractivity contribution in [2.75, 3.05) is 0 Å². The van der Waals surface area contributed by atoms with Crippen molar-refractivity contribution in [3.63, 3.8) is 0 Å². The molecular weight excluding hydrogens is 535 g/mol. The van der Waals surface area contributed by atoms with Crippen LogP contribution in [0.1, 0.15) is 0 Å². The minimum Gasteiger partial charge on any atom is 0 e. The van der Waals surface area contributed by atoms with Gasteiger partial charge in [-0.3, -0.25) is 0 Å². The van der Waals surface area contributed by atoms with Gasteiger partial charge in [-0.1, -0.05) is 0 Å². The Morgan fingerprint density at radius 2 is 1.00 bits per heavy atom. The molecule has 0 N–H and O–H groups in total. The molecule has 0 nitrogen and oxygen atoms in total. The van der Waals surface area contributed by atoms with Gasteiger partial charge in [-0.15, -0.1) is 0 Å². The van der Waals surface area contributed by atoms with Crippen LogP contribution in [0.15, 0.2) is 0 Å². The molecule has 0 aliphatic rings. The second-order valence-corrected chi connectivity index (χ2v) is 57.9. The van der Waals surface area contributed by atoms with E-state index >= 15 is 0 Å². The second kappa shape index (κ2) is 7.36. The molecule has 0 aliphatic heterocycles. The molecule has 0 aliphatic carbocycles. The van der Waals surface area contributed by atoms with E-state index < -0.39 is 8.15 Å². The SMILES string of the molecule is [I][Sb]([I])[I].[S]. The van der Waals surface area contributed by atoms with Crippen molar-refractivity contribution in [2.24, 2.45) is 0 Å². The summed E-state index contributed by atoms with van der Waals surface area (Å²) in [6.07, 6.45) is 0. The topological polar surface area (TPSA) is 0 Å². The minimum absolute atomic E-state index is 0. The minimum atomic E-state index is -0.540. The fourth-order valence-electron chi connectivity index (χ4n) is 0. The predicted octanol–water partition coefficient (Wildman–Crippen LogP) is 2.92. The first kappa shape index (κ1) is 11.2. The Hall–Kier alpha value is 3.36. The zero-order valence-electron chi connectivity index (χ0n) is 1.99. The van der Waals surface area contributed by atoms with Gasteiger partial charge >= 0.3 is 63.7 Å². The Labute approximate surface area is 74.9 Å². The van der Waals surface area contributed by atoms with Crippen molar-refractivity contribution in [1.29, 1.82) is 0 Å². The summed E-state index contributed by atoms with van der Waals surface area (Å²) in [5, 5.41) is 0. The summed E-state index contributed by atoms with van der Waals surface area (Å²) >= 11 is 7.50. The molecule has 0 spiro atoms. The van der Waals surface area contributed by atoms with Gasteiger partial charge in [0.1, 0.15) is 0 Å². The van der Waals surface area contributed by atoms with E-state index in [1.165, 1.54) is 0 Å². The standard InChI is InChI=1S/3HI.S.Sb/h3*1H;;/q;;;;+3/p-3. The predicted molar refractivity (Wildman–Crippen MR) is 55.4 cm³/mol. The quantitative estimate of drug-likeness (QED) is 0.331. The summed E-state index contributed by atoms with van der Waals surface area (Å²) in [5.74, 6) is 0. The van der Waals surface area contributed by atoms with Crippen molar-refractivity contribution in [3.8, 4) is 0 Å². The normalized spacial score (nSPS) is 7.20. The summed E-state index contributed by atoms with van der Waals surface area (Å²) < 4.78 is 0. The number of rotatable bonds is 0. The molecule has 2 radical (unpaired) electrons. The monoisotopic (exact) mass is 534 g/mol. The molecular formula is I3SSb. The van der Waals surface area contributed by atoms with Crippen molar-refractivity contribution < 1.29 is 0 Å². The summed E-state index contributed by atoms with van der Waals surface area (Å²) in [7, 11) is -0.540. The zero-order chi connectivity index (χ0) is 3.58. The smallest absolute Gasteiger partial charge is 0 e. The molecule has 0 saturated heterocycles. The second-order valence-electron chi connectivity index (χ2n) is 0.192. The first-order chi connectivity index (χ1) is 1.73. The van der Waals surface area contributed by atoms with Gasteiger partial charge in [-0.2, -0.15) is 0 Å². The third-order valence-corrected chi connectivity index (χ3v) is 0. The van der Waals surface area contributed by atoms with Crippen LogP contribution in [0.3, 0.4) is 0 Å². The van der Waals surface area contributed by atoms with Crippen LogP contribution in [0, 0.1) is 0 Å². The van der Waals surface area contributed by atoms with Gasteiger partial charge < -0.3 is 0 Å². The summed E-state index contributed by atoms with van der Waals surface area (Å²) in [6.45, 7) is 0. The van der Waals surface area contributed by atoms with E-state index in [2.05, 4.69) is 55.5 Å². The van der Waals surface area contributed by atoms with Crippen LogP contribution in [0.5, 0.6) is 0 Å². The Bertz CT molecular complexity index is 11.6. The molecule has 0 fully saturated rings. The van der Waals surface area contributed by atoms with Crippen LogP contribution in [-0.4, -0.2) is 8.15 Å². The molecule has 0 bridgehead atoms. The number of halogens is 3. The fourth-order valence-corrected chi connectivity index (χ4v) is 0. The maximum atomic E-state index is 2.50. The maximum absolute atomic E-state index is 2.50. The van der Waals surface area contributed by atoms with Gasteiger partial charge in [-0.25, -0.2) is 0 Å².